The van der Waals surface area contributed by atoms with Gasteiger partial charge in [-0.15, -0.1) is 0 Å². The molecule has 0 aromatic heterocycles. The van der Waals surface area contributed by atoms with Crippen LogP contribution >= 0.6 is 15.9 Å². The van der Waals surface area contributed by atoms with Crippen LogP contribution in [0.3, 0.4) is 0 Å². The number of hydrogen-bond acceptors (Lipinski definition) is 4. The van der Waals surface area contributed by atoms with Gasteiger partial charge in [0.25, 0.3) is 0 Å². The van der Waals surface area contributed by atoms with Crippen LogP contribution in [0, 0.1) is 0 Å². The fraction of sp³-hybridized carbons (Fsp3) is 0.538. The molecule has 2 rings (SSSR count). The van der Waals surface area contributed by atoms with E-state index in [1.807, 2.05) is 0 Å². The molecule has 0 aliphatic carbocycles. The first kappa shape index (κ1) is 15.8. The Labute approximate surface area is 128 Å². The lowest BCUT2D eigenvalue weighted by Gasteiger charge is -2.23. The van der Waals surface area contributed by atoms with Crippen LogP contribution < -0.4 is 14.8 Å². The molecule has 5 nitrogen and oxygen atoms in total. The Balaban J connectivity index is 2.11. The molecule has 1 heterocycles. The van der Waals surface area contributed by atoms with Crippen LogP contribution in [0.5, 0.6) is 5.75 Å². The summed E-state index contributed by atoms with van der Waals surface area (Å²) in [5.41, 5.74) is 0. The molecule has 7 heteroatoms. The lowest BCUT2D eigenvalue weighted by molar-refractivity contribution is 0.394. The molecule has 1 atom stereocenters. The second kappa shape index (κ2) is 6.89. The van der Waals surface area contributed by atoms with E-state index >= 15 is 0 Å². The van der Waals surface area contributed by atoms with Crippen molar-refractivity contribution in [2.45, 2.75) is 30.2 Å². The lowest BCUT2D eigenvalue weighted by Crippen LogP contribution is -2.43. The standard InChI is InChI=1S/C13H19BrN2O3S/c1-19-12-6-5-10(14)8-13(12)20(17,18)16-9-11-4-2-3-7-15-11/h5-6,8,11,15-16H,2-4,7,9H2,1H3. The lowest BCUT2D eigenvalue weighted by atomic mass is 10.1. The Kier molecular flexibility index (Phi) is 5.42. The number of hydrogen-bond donors (Lipinski definition) is 2. The maximum absolute atomic E-state index is 12.4. The van der Waals surface area contributed by atoms with Gasteiger partial charge in [0.15, 0.2) is 0 Å². The number of benzene rings is 1. The number of piperidine rings is 1. The zero-order valence-electron chi connectivity index (χ0n) is 11.4. The summed E-state index contributed by atoms with van der Waals surface area (Å²) in [5.74, 6) is 0.345. The van der Waals surface area contributed by atoms with Gasteiger partial charge < -0.3 is 10.1 Å². The van der Waals surface area contributed by atoms with Crippen LogP contribution in [-0.4, -0.2) is 34.7 Å². The van der Waals surface area contributed by atoms with Crippen LogP contribution in [0.15, 0.2) is 27.6 Å². The summed E-state index contributed by atoms with van der Waals surface area (Å²) in [6.45, 7) is 1.35. The molecule has 0 amide bonds. The fourth-order valence-corrected chi connectivity index (χ4v) is 4.03. The van der Waals surface area contributed by atoms with Gasteiger partial charge in [0, 0.05) is 17.1 Å². The highest BCUT2D eigenvalue weighted by molar-refractivity contribution is 9.10. The van der Waals surface area contributed by atoms with Crippen molar-refractivity contribution >= 4 is 26.0 Å². The largest absolute Gasteiger partial charge is 0.495 e. The van der Waals surface area contributed by atoms with Crippen molar-refractivity contribution in [3.05, 3.63) is 22.7 Å². The molecular weight excluding hydrogens is 344 g/mol. The molecule has 1 aliphatic rings. The monoisotopic (exact) mass is 362 g/mol. The normalized spacial score (nSPS) is 19.8. The van der Waals surface area contributed by atoms with Gasteiger partial charge in [-0.25, -0.2) is 13.1 Å². The minimum atomic E-state index is -3.57. The number of rotatable bonds is 5. The second-order valence-electron chi connectivity index (χ2n) is 4.79. The smallest absolute Gasteiger partial charge is 0.244 e. The number of methoxy groups -OCH3 is 1. The van der Waals surface area contributed by atoms with Crippen molar-refractivity contribution in [3.63, 3.8) is 0 Å². The van der Waals surface area contributed by atoms with Crippen molar-refractivity contribution in [2.24, 2.45) is 0 Å². The summed E-state index contributed by atoms with van der Waals surface area (Å²) in [6, 6.07) is 5.14. The van der Waals surface area contributed by atoms with Crippen LogP contribution in [0.1, 0.15) is 19.3 Å². The third-order valence-electron chi connectivity index (χ3n) is 3.35. The topological polar surface area (TPSA) is 67.4 Å². The number of halogens is 1. The molecule has 1 aliphatic heterocycles. The molecule has 1 saturated heterocycles. The van der Waals surface area contributed by atoms with Gasteiger partial charge in [-0.3, -0.25) is 0 Å². The molecule has 0 radical (unpaired) electrons. The zero-order valence-corrected chi connectivity index (χ0v) is 13.8. The van der Waals surface area contributed by atoms with Crippen molar-refractivity contribution < 1.29 is 13.2 Å². The van der Waals surface area contributed by atoms with E-state index in [1.54, 1.807) is 18.2 Å². The number of nitrogens with one attached hydrogen (secondary N) is 2. The average Bonchev–Trinajstić information content (AvgIpc) is 2.46. The number of ether oxygens (including phenoxy) is 1. The van der Waals surface area contributed by atoms with E-state index in [0.717, 1.165) is 25.8 Å². The van der Waals surface area contributed by atoms with E-state index in [9.17, 15) is 8.42 Å². The molecule has 2 N–H and O–H groups in total. The molecule has 20 heavy (non-hydrogen) atoms. The van der Waals surface area contributed by atoms with Crippen molar-refractivity contribution in [2.75, 3.05) is 20.2 Å². The third-order valence-corrected chi connectivity index (χ3v) is 5.29. The predicted molar refractivity (Wildman–Crippen MR) is 81.5 cm³/mol. The summed E-state index contributed by atoms with van der Waals surface area (Å²) < 4.78 is 33.2. The highest BCUT2D eigenvalue weighted by Crippen LogP contribution is 2.27. The molecule has 0 bridgehead atoms. The first-order valence-electron chi connectivity index (χ1n) is 6.59. The quantitative estimate of drug-likeness (QED) is 0.838. The molecule has 1 aromatic carbocycles. The van der Waals surface area contributed by atoms with Gasteiger partial charge in [0.05, 0.1) is 7.11 Å². The summed E-state index contributed by atoms with van der Waals surface area (Å²) in [4.78, 5) is 0.158. The Morgan fingerprint density at radius 1 is 1.45 bits per heavy atom. The van der Waals surface area contributed by atoms with Gasteiger partial charge in [0.2, 0.25) is 10.0 Å². The van der Waals surface area contributed by atoms with Gasteiger partial charge in [0.1, 0.15) is 10.6 Å². The molecule has 0 spiro atoms. The second-order valence-corrected chi connectivity index (χ2v) is 7.44. The van der Waals surface area contributed by atoms with Gasteiger partial charge in [-0.1, -0.05) is 22.4 Å². The highest BCUT2D eigenvalue weighted by atomic mass is 79.9. The van der Waals surface area contributed by atoms with E-state index in [-0.39, 0.29) is 10.9 Å². The van der Waals surface area contributed by atoms with Crippen LogP contribution in [0.25, 0.3) is 0 Å². The minimum absolute atomic E-state index is 0.158. The van der Waals surface area contributed by atoms with Crippen LogP contribution in [0.4, 0.5) is 0 Å². The van der Waals surface area contributed by atoms with Gasteiger partial charge in [-0.05, 0) is 37.6 Å². The predicted octanol–water partition coefficient (Wildman–Crippen LogP) is 1.88. The average molecular weight is 363 g/mol. The Morgan fingerprint density at radius 2 is 2.25 bits per heavy atom. The summed E-state index contributed by atoms with van der Waals surface area (Å²) >= 11 is 3.29. The van der Waals surface area contributed by atoms with E-state index in [2.05, 4.69) is 26.0 Å². The van der Waals surface area contributed by atoms with E-state index in [4.69, 9.17) is 4.74 Å². The fourth-order valence-electron chi connectivity index (χ4n) is 2.25. The minimum Gasteiger partial charge on any atom is -0.495 e. The van der Waals surface area contributed by atoms with Crippen molar-refractivity contribution in [1.82, 2.24) is 10.0 Å². The van der Waals surface area contributed by atoms with E-state index in [1.165, 1.54) is 7.11 Å². The zero-order chi connectivity index (χ0) is 14.6. The summed E-state index contributed by atoms with van der Waals surface area (Å²) in [6.07, 6.45) is 3.29. The Morgan fingerprint density at radius 3 is 2.90 bits per heavy atom. The van der Waals surface area contributed by atoms with Crippen molar-refractivity contribution in [1.29, 1.82) is 0 Å². The summed E-state index contributed by atoms with van der Waals surface area (Å²) in [5, 5.41) is 3.32. The Bertz CT molecular complexity index is 557. The highest BCUT2D eigenvalue weighted by Gasteiger charge is 2.22. The van der Waals surface area contributed by atoms with Gasteiger partial charge >= 0.3 is 0 Å². The SMILES string of the molecule is COc1ccc(Br)cc1S(=O)(=O)NCC1CCCCN1. The third kappa shape index (κ3) is 3.94. The molecule has 1 fully saturated rings. The molecule has 1 unspecified atom stereocenters. The molecular formula is C13H19BrN2O3S. The first-order valence-corrected chi connectivity index (χ1v) is 8.87. The molecule has 1 aromatic rings. The van der Waals surface area contributed by atoms with E-state index < -0.39 is 10.0 Å². The first-order chi connectivity index (χ1) is 9.53. The summed E-state index contributed by atoms with van der Waals surface area (Å²) in [7, 11) is -2.11. The molecule has 112 valence electrons. The van der Waals surface area contributed by atoms with E-state index in [0.29, 0.717) is 16.8 Å². The van der Waals surface area contributed by atoms with Crippen LogP contribution in [-0.2, 0) is 10.0 Å². The maximum Gasteiger partial charge on any atom is 0.244 e. The number of sulfonamides is 1. The molecule has 0 saturated carbocycles. The van der Waals surface area contributed by atoms with Gasteiger partial charge in [-0.2, -0.15) is 0 Å². The van der Waals surface area contributed by atoms with Crippen LogP contribution in [0.2, 0.25) is 0 Å². The van der Waals surface area contributed by atoms with Crippen molar-refractivity contribution in [3.8, 4) is 5.75 Å². The Hall–Kier alpha value is -0.630. The maximum atomic E-state index is 12.4.